The summed E-state index contributed by atoms with van der Waals surface area (Å²) >= 11 is 1.89. The van der Waals surface area contributed by atoms with Crippen LogP contribution in [0.5, 0.6) is 0 Å². The van der Waals surface area contributed by atoms with E-state index in [1.54, 1.807) is 0 Å². The molecule has 1 rings (SSSR count). The summed E-state index contributed by atoms with van der Waals surface area (Å²) in [4.78, 5) is 0. The van der Waals surface area contributed by atoms with Crippen molar-refractivity contribution in [1.82, 2.24) is 0 Å². The Morgan fingerprint density at radius 2 is 1.91 bits per heavy atom. The van der Waals surface area contributed by atoms with Gasteiger partial charge >= 0.3 is 0 Å². The van der Waals surface area contributed by atoms with Crippen molar-refractivity contribution in [2.24, 2.45) is 0 Å². The molecule has 0 bridgehead atoms. The molecule has 1 atom stereocenters. The van der Waals surface area contributed by atoms with Crippen molar-refractivity contribution < 1.29 is 0 Å². The SMILES string of the molecule is CSC(C)C(C)=C1C=CC=C1. The van der Waals surface area contributed by atoms with Crippen molar-refractivity contribution in [3.63, 3.8) is 0 Å². The number of rotatable bonds is 2. The van der Waals surface area contributed by atoms with Crippen LogP contribution in [0.15, 0.2) is 35.5 Å². The smallest absolute Gasteiger partial charge is 0.0231 e. The summed E-state index contributed by atoms with van der Waals surface area (Å²) in [6, 6.07) is 0. The minimum Gasteiger partial charge on any atom is -0.158 e. The minimum absolute atomic E-state index is 0.636. The summed E-state index contributed by atoms with van der Waals surface area (Å²) in [6.45, 7) is 4.45. The molecule has 0 spiro atoms. The molecule has 0 saturated heterocycles. The number of thioether (sulfide) groups is 1. The van der Waals surface area contributed by atoms with E-state index in [1.165, 1.54) is 11.1 Å². The maximum Gasteiger partial charge on any atom is 0.0231 e. The van der Waals surface area contributed by atoms with Gasteiger partial charge in [0.25, 0.3) is 0 Å². The molecule has 0 aromatic heterocycles. The summed E-state index contributed by atoms with van der Waals surface area (Å²) in [5.41, 5.74) is 2.86. The summed E-state index contributed by atoms with van der Waals surface area (Å²) < 4.78 is 0. The Kier molecular flexibility index (Phi) is 3.01. The van der Waals surface area contributed by atoms with E-state index in [0.29, 0.717) is 5.25 Å². The van der Waals surface area contributed by atoms with E-state index in [9.17, 15) is 0 Å². The molecule has 60 valence electrons. The molecule has 11 heavy (non-hydrogen) atoms. The first-order valence-corrected chi connectivity index (χ1v) is 5.13. The molecule has 0 saturated carbocycles. The van der Waals surface area contributed by atoms with E-state index < -0.39 is 0 Å². The van der Waals surface area contributed by atoms with Gasteiger partial charge in [-0.1, -0.05) is 29.9 Å². The standard InChI is InChI=1S/C10H14S/c1-8(9(2)11-3)10-6-4-5-7-10/h4-7,9H,1-3H3. The maximum atomic E-state index is 2.24. The second-order valence-corrected chi connectivity index (χ2v) is 3.91. The van der Waals surface area contributed by atoms with Crippen LogP contribution in [0, 0.1) is 0 Å². The van der Waals surface area contributed by atoms with Crippen LogP contribution in [-0.4, -0.2) is 11.5 Å². The molecular weight excluding hydrogens is 152 g/mol. The Balaban J connectivity index is 2.78. The van der Waals surface area contributed by atoms with Crippen LogP contribution in [0.3, 0.4) is 0 Å². The highest BCUT2D eigenvalue weighted by Crippen LogP contribution is 2.22. The molecule has 0 aromatic carbocycles. The zero-order valence-corrected chi connectivity index (χ0v) is 8.11. The maximum absolute atomic E-state index is 2.24. The van der Waals surface area contributed by atoms with Gasteiger partial charge in [0.15, 0.2) is 0 Å². The lowest BCUT2D eigenvalue weighted by Crippen LogP contribution is -1.98. The lowest BCUT2D eigenvalue weighted by molar-refractivity contribution is 1.11. The van der Waals surface area contributed by atoms with E-state index in [0.717, 1.165) is 0 Å². The van der Waals surface area contributed by atoms with Crippen molar-refractivity contribution in [1.29, 1.82) is 0 Å². The monoisotopic (exact) mass is 166 g/mol. The van der Waals surface area contributed by atoms with Crippen molar-refractivity contribution in [2.45, 2.75) is 19.1 Å². The fraction of sp³-hybridized carbons (Fsp3) is 0.400. The molecule has 1 aliphatic rings. The van der Waals surface area contributed by atoms with Crippen molar-refractivity contribution in [2.75, 3.05) is 6.26 Å². The van der Waals surface area contributed by atoms with Gasteiger partial charge in [0, 0.05) is 5.25 Å². The van der Waals surface area contributed by atoms with E-state index in [1.807, 2.05) is 11.8 Å². The molecule has 0 aromatic rings. The molecule has 1 aliphatic carbocycles. The summed E-state index contributed by atoms with van der Waals surface area (Å²) in [7, 11) is 0. The Hall–Kier alpha value is -0.430. The minimum atomic E-state index is 0.636. The van der Waals surface area contributed by atoms with Gasteiger partial charge in [0.1, 0.15) is 0 Å². The lowest BCUT2D eigenvalue weighted by atomic mass is 10.1. The first-order chi connectivity index (χ1) is 5.25. The molecule has 0 heterocycles. The Morgan fingerprint density at radius 1 is 1.36 bits per heavy atom. The third kappa shape index (κ3) is 2.00. The fourth-order valence-electron chi connectivity index (χ4n) is 1.05. The zero-order chi connectivity index (χ0) is 8.27. The van der Waals surface area contributed by atoms with E-state index in [-0.39, 0.29) is 0 Å². The van der Waals surface area contributed by atoms with Crippen LogP contribution in [0.1, 0.15) is 13.8 Å². The van der Waals surface area contributed by atoms with Gasteiger partial charge < -0.3 is 0 Å². The molecule has 1 unspecified atom stereocenters. The van der Waals surface area contributed by atoms with Crippen LogP contribution >= 0.6 is 11.8 Å². The van der Waals surface area contributed by atoms with E-state index >= 15 is 0 Å². The van der Waals surface area contributed by atoms with Crippen LogP contribution in [0.4, 0.5) is 0 Å². The van der Waals surface area contributed by atoms with Crippen molar-refractivity contribution in [3.8, 4) is 0 Å². The Labute approximate surface area is 73.1 Å². The predicted octanol–water partition coefficient (Wildman–Crippen LogP) is 3.18. The van der Waals surface area contributed by atoms with E-state index in [2.05, 4.69) is 44.4 Å². The largest absolute Gasteiger partial charge is 0.158 e. The molecule has 0 amide bonds. The topological polar surface area (TPSA) is 0 Å². The zero-order valence-electron chi connectivity index (χ0n) is 7.29. The normalized spacial score (nSPS) is 17.5. The quantitative estimate of drug-likeness (QED) is 0.607. The molecule has 1 heteroatoms. The predicted molar refractivity (Wildman–Crippen MR) is 54.0 cm³/mol. The summed E-state index contributed by atoms with van der Waals surface area (Å²) in [6.07, 6.45) is 10.7. The number of allylic oxidation sites excluding steroid dienone is 5. The Morgan fingerprint density at radius 3 is 2.36 bits per heavy atom. The third-order valence-corrected chi connectivity index (χ3v) is 3.14. The van der Waals surface area contributed by atoms with Gasteiger partial charge in [-0.15, -0.1) is 0 Å². The highest BCUT2D eigenvalue weighted by molar-refractivity contribution is 7.99. The second-order valence-electron chi connectivity index (χ2n) is 2.73. The van der Waals surface area contributed by atoms with Gasteiger partial charge in [-0.3, -0.25) is 0 Å². The summed E-state index contributed by atoms with van der Waals surface area (Å²) in [5.74, 6) is 0. The molecule has 0 radical (unpaired) electrons. The van der Waals surface area contributed by atoms with Crippen molar-refractivity contribution in [3.05, 3.63) is 35.5 Å². The summed E-state index contributed by atoms with van der Waals surface area (Å²) in [5, 5.41) is 0.636. The van der Waals surface area contributed by atoms with Gasteiger partial charge in [-0.2, -0.15) is 11.8 Å². The van der Waals surface area contributed by atoms with Crippen molar-refractivity contribution >= 4 is 11.8 Å². The molecule has 0 aliphatic heterocycles. The molecule has 0 nitrogen and oxygen atoms in total. The molecular formula is C10H14S. The number of hydrogen-bond acceptors (Lipinski definition) is 1. The van der Waals surface area contributed by atoms with Crippen LogP contribution < -0.4 is 0 Å². The lowest BCUT2D eigenvalue weighted by Gasteiger charge is -2.10. The first-order valence-electron chi connectivity index (χ1n) is 3.84. The van der Waals surface area contributed by atoms with Crippen LogP contribution in [0.25, 0.3) is 0 Å². The third-order valence-electron chi connectivity index (χ3n) is 2.08. The average Bonchev–Trinajstić information content (AvgIpc) is 2.53. The van der Waals surface area contributed by atoms with Crippen LogP contribution in [-0.2, 0) is 0 Å². The second kappa shape index (κ2) is 3.82. The van der Waals surface area contributed by atoms with Gasteiger partial charge in [-0.25, -0.2) is 0 Å². The van der Waals surface area contributed by atoms with Gasteiger partial charge in [-0.05, 0) is 25.7 Å². The highest BCUT2D eigenvalue weighted by Gasteiger charge is 2.05. The van der Waals surface area contributed by atoms with Gasteiger partial charge in [0.05, 0.1) is 0 Å². The number of hydrogen-bond donors (Lipinski definition) is 0. The van der Waals surface area contributed by atoms with Gasteiger partial charge in [0.2, 0.25) is 0 Å². The Bertz CT molecular complexity index is 207. The first kappa shape index (κ1) is 8.66. The molecule has 0 N–H and O–H groups in total. The molecule has 0 fully saturated rings. The average molecular weight is 166 g/mol. The highest BCUT2D eigenvalue weighted by atomic mass is 32.2. The fourth-order valence-corrected chi connectivity index (χ4v) is 1.54. The van der Waals surface area contributed by atoms with Crippen LogP contribution in [0.2, 0.25) is 0 Å². The van der Waals surface area contributed by atoms with E-state index in [4.69, 9.17) is 0 Å².